The van der Waals surface area contributed by atoms with Crippen molar-refractivity contribution in [1.82, 2.24) is 15.1 Å². The summed E-state index contributed by atoms with van der Waals surface area (Å²) in [6.45, 7) is 6.61. The molecular formula is C13H20N4O2S2. The molecule has 0 spiro atoms. The molecule has 6 nitrogen and oxygen atoms in total. The van der Waals surface area contributed by atoms with Gasteiger partial charge in [0.25, 0.3) is 10.0 Å². The molecule has 2 aromatic rings. The third-order valence-electron chi connectivity index (χ3n) is 2.85. The lowest BCUT2D eigenvalue weighted by Gasteiger charge is -2.05. The van der Waals surface area contributed by atoms with Gasteiger partial charge in [-0.15, -0.1) is 11.3 Å². The van der Waals surface area contributed by atoms with Gasteiger partial charge in [0.05, 0.1) is 11.9 Å². The minimum absolute atomic E-state index is 0.330. The number of thiophene rings is 1. The van der Waals surface area contributed by atoms with Crippen molar-refractivity contribution >= 4 is 27.0 Å². The van der Waals surface area contributed by atoms with Crippen LogP contribution in [0, 0.1) is 6.92 Å². The lowest BCUT2D eigenvalue weighted by molar-refractivity contribution is 0.592. The molecule has 2 rings (SSSR count). The number of anilines is 1. The number of aryl methyl sites for hydroxylation is 2. The number of nitrogens with one attached hydrogen (secondary N) is 2. The van der Waals surface area contributed by atoms with Crippen LogP contribution in [0.5, 0.6) is 0 Å². The second-order valence-corrected chi connectivity index (χ2v) is 8.17. The van der Waals surface area contributed by atoms with E-state index in [0.29, 0.717) is 23.2 Å². The molecule has 2 aromatic heterocycles. The van der Waals surface area contributed by atoms with Gasteiger partial charge in [-0.25, -0.2) is 8.42 Å². The smallest absolute Gasteiger partial charge is 0.263 e. The number of sulfonamides is 1. The van der Waals surface area contributed by atoms with E-state index in [4.69, 9.17) is 0 Å². The standard InChI is InChI=1S/C13H20N4O2S2/c1-9(2)14-7-12-5-13(10(3)20-12)21(18,19)16-11-6-15-17(4)8-11/h5-6,8-9,14,16H,7H2,1-4H3. The molecule has 0 aliphatic heterocycles. The summed E-state index contributed by atoms with van der Waals surface area (Å²) in [6, 6.07) is 2.09. The summed E-state index contributed by atoms with van der Waals surface area (Å²) < 4.78 is 28.9. The van der Waals surface area contributed by atoms with E-state index in [9.17, 15) is 8.42 Å². The highest BCUT2D eigenvalue weighted by Gasteiger charge is 2.20. The molecule has 2 heterocycles. The fourth-order valence-electron chi connectivity index (χ4n) is 1.87. The predicted molar refractivity (Wildman–Crippen MR) is 85.0 cm³/mol. The molecule has 0 aromatic carbocycles. The Morgan fingerprint density at radius 1 is 1.43 bits per heavy atom. The molecule has 0 bridgehead atoms. The van der Waals surface area contributed by atoms with Crippen molar-refractivity contribution < 1.29 is 8.42 Å². The van der Waals surface area contributed by atoms with E-state index in [-0.39, 0.29) is 0 Å². The number of hydrogen-bond acceptors (Lipinski definition) is 5. The van der Waals surface area contributed by atoms with Crippen LogP contribution < -0.4 is 10.0 Å². The molecule has 8 heteroatoms. The molecule has 0 saturated heterocycles. The van der Waals surface area contributed by atoms with Gasteiger partial charge in [-0.1, -0.05) is 13.8 Å². The molecule has 0 amide bonds. The van der Waals surface area contributed by atoms with Crippen LogP contribution in [-0.4, -0.2) is 24.2 Å². The minimum Gasteiger partial charge on any atom is -0.310 e. The molecule has 0 radical (unpaired) electrons. The van der Waals surface area contributed by atoms with E-state index in [1.807, 2.05) is 6.92 Å². The normalized spacial score (nSPS) is 12.0. The Morgan fingerprint density at radius 2 is 2.14 bits per heavy atom. The van der Waals surface area contributed by atoms with Crippen molar-refractivity contribution in [2.75, 3.05) is 4.72 Å². The first kappa shape index (κ1) is 16.0. The van der Waals surface area contributed by atoms with Crippen LogP contribution in [0.2, 0.25) is 0 Å². The Balaban J connectivity index is 2.19. The zero-order chi connectivity index (χ0) is 15.6. The number of nitrogens with zero attached hydrogens (tertiary/aromatic N) is 2. The first-order chi connectivity index (χ1) is 9.78. The van der Waals surface area contributed by atoms with E-state index in [0.717, 1.165) is 9.75 Å². The van der Waals surface area contributed by atoms with E-state index >= 15 is 0 Å². The van der Waals surface area contributed by atoms with Crippen molar-refractivity contribution in [3.05, 3.63) is 28.2 Å². The number of rotatable bonds is 6. The molecule has 0 unspecified atom stereocenters. The van der Waals surface area contributed by atoms with Crippen LogP contribution in [0.15, 0.2) is 23.4 Å². The minimum atomic E-state index is -3.57. The highest BCUT2D eigenvalue weighted by molar-refractivity contribution is 7.93. The predicted octanol–water partition coefficient (Wildman–Crippen LogP) is 2.09. The highest BCUT2D eigenvalue weighted by Crippen LogP contribution is 2.27. The van der Waals surface area contributed by atoms with Crippen LogP contribution in [-0.2, 0) is 23.6 Å². The quantitative estimate of drug-likeness (QED) is 0.851. The van der Waals surface area contributed by atoms with Gasteiger partial charge >= 0.3 is 0 Å². The van der Waals surface area contributed by atoms with E-state index in [1.54, 1.807) is 24.0 Å². The number of aromatic nitrogens is 2. The summed E-state index contributed by atoms with van der Waals surface area (Å²) in [5, 5.41) is 7.24. The lowest BCUT2D eigenvalue weighted by Crippen LogP contribution is -2.21. The molecule has 0 aliphatic carbocycles. The summed E-state index contributed by atoms with van der Waals surface area (Å²) in [5.74, 6) is 0. The van der Waals surface area contributed by atoms with Gasteiger partial charge in [-0.05, 0) is 13.0 Å². The Morgan fingerprint density at radius 3 is 2.71 bits per heavy atom. The number of hydrogen-bond donors (Lipinski definition) is 2. The lowest BCUT2D eigenvalue weighted by atomic mass is 10.3. The zero-order valence-electron chi connectivity index (χ0n) is 12.5. The van der Waals surface area contributed by atoms with Crippen molar-refractivity contribution in [3.63, 3.8) is 0 Å². The first-order valence-corrected chi connectivity index (χ1v) is 8.92. The van der Waals surface area contributed by atoms with Gasteiger partial charge < -0.3 is 5.32 Å². The van der Waals surface area contributed by atoms with Crippen molar-refractivity contribution in [1.29, 1.82) is 0 Å². The SMILES string of the molecule is Cc1sc(CNC(C)C)cc1S(=O)(=O)Nc1cnn(C)c1. The van der Waals surface area contributed by atoms with Crippen molar-refractivity contribution in [2.45, 2.75) is 38.3 Å². The largest absolute Gasteiger partial charge is 0.310 e. The molecule has 0 aliphatic rings. The Bertz CT molecular complexity index is 716. The fraction of sp³-hybridized carbons (Fsp3) is 0.462. The maximum atomic E-state index is 12.4. The Labute approximate surface area is 129 Å². The molecule has 21 heavy (non-hydrogen) atoms. The maximum Gasteiger partial charge on any atom is 0.263 e. The highest BCUT2D eigenvalue weighted by atomic mass is 32.2. The van der Waals surface area contributed by atoms with Crippen molar-refractivity contribution in [2.24, 2.45) is 7.05 Å². The second kappa shape index (κ2) is 6.17. The zero-order valence-corrected chi connectivity index (χ0v) is 14.2. The third kappa shape index (κ3) is 4.05. The van der Waals surface area contributed by atoms with Gasteiger partial charge in [-0.3, -0.25) is 9.40 Å². The van der Waals surface area contributed by atoms with Gasteiger partial charge in [0.15, 0.2) is 0 Å². The van der Waals surface area contributed by atoms with Crippen LogP contribution >= 0.6 is 11.3 Å². The van der Waals surface area contributed by atoms with Crippen LogP contribution in [0.25, 0.3) is 0 Å². The van der Waals surface area contributed by atoms with Gasteiger partial charge in [0.1, 0.15) is 4.90 Å². The first-order valence-electron chi connectivity index (χ1n) is 6.62. The van der Waals surface area contributed by atoms with Crippen LogP contribution in [0.1, 0.15) is 23.6 Å². The summed E-state index contributed by atoms with van der Waals surface area (Å²) in [5.41, 5.74) is 0.463. The summed E-state index contributed by atoms with van der Waals surface area (Å²) in [6.07, 6.45) is 3.11. The maximum absolute atomic E-state index is 12.4. The third-order valence-corrected chi connectivity index (χ3v) is 5.54. The fourth-order valence-corrected chi connectivity index (χ4v) is 4.48. The molecule has 116 valence electrons. The second-order valence-electron chi connectivity index (χ2n) is 5.18. The van der Waals surface area contributed by atoms with Gasteiger partial charge in [-0.2, -0.15) is 5.10 Å². The van der Waals surface area contributed by atoms with E-state index in [2.05, 4.69) is 29.0 Å². The van der Waals surface area contributed by atoms with Crippen LogP contribution in [0.3, 0.4) is 0 Å². The summed E-state index contributed by atoms with van der Waals surface area (Å²) in [7, 11) is -1.83. The van der Waals surface area contributed by atoms with Crippen LogP contribution in [0.4, 0.5) is 5.69 Å². The van der Waals surface area contributed by atoms with Gasteiger partial charge in [0.2, 0.25) is 0 Å². The Hall–Kier alpha value is -1.38. The Kier molecular flexibility index (Phi) is 4.70. The molecule has 0 fully saturated rings. The average Bonchev–Trinajstić information content (AvgIpc) is 2.93. The van der Waals surface area contributed by atoms with Gasteiger partial charge in [0, 0.05) is 35.6 Å². The van der Waals surface area contributed by atoms with E-state index in [1.165, 1.54) is 17.5 Å². The topological polar surface area (TPSA) is 76.0 Å². The summed E-state index contributed by atoms with van der Waals surface area (Å²) >= 11 is 1.50. The monoisotopic (exact) mass is 328 g/mol. The molecule has 0 atom stereocenters. The average molecular weight is 328 g/mol. The van der Waals surface area contributed by atoms with Crippen molar-refractivity contribution in [3.8, 4) is 0 Å². The molecule has 2 N–H and O–H groups in total. The van der Waals surface area contributed by atoms with E-state index < -0.39 is 10.0 Å². The molecular weight excluding hydrogens is 308 g/mol. The molecule has 0 saturated carbocycles. The summed E-state index contributed by atoms with van der Waals surface area (Å²) in [4.78, 5) is 2.12.